The number of amides is 1. The molecule has 2 aromatic carbocycles. The summed E-state index contributed by atoms with van der Waals surface area (Å²) in [4.78, 5) is 13.6. The van der Waals surface area contributed by atoms with Crippen LogP contribution in [-0.4, -0.2) is 26.4 Å². The van der Waals surface area contributed by atoms with Gasteiger partial charge in [0.15, 0.2) is 11.0 Å². The third-order valence-corrected chi connectivity index (χ3v) is 7.02. The quantitative estimate of drug-likeness (QED) is 0.369. The number of rotatable bonds is 6. The van der Waals surface area contributed by atoms with Gasteiger partial charge in [-0.3, -0.25) is 4.79 Å². The number of thiophene rings is 1. The minimum Gasteiger partial charge on any atom is -0.325 e. The van der Waals surface area contributed by atoms with Gasteiger partial charge in [-0.05, 0) is 59.2 Å². The summed E-state index contributed by atoms with van der Waals surface area (Å²) in [7, 11) is 0. The molecule has 150 valence electrons. The van der Waals surface area contributed by atoms with Gasteiger partial charge in [-0.25, -0.2) is 0 Å². The molecule has 1 N–H and O–H groups in total. The minimum absolute atomic E-state index is 0.0428. The largest absolute Gasteiger partial charge is 0.325 e. The number of carbonyl (C=O) groups excluding carboxylic acids is 1. The maximum Gasteiger partial charge on any atom is 0.234 e. The van der Waals surface area contributed by atoms with Crippen LogP contribution in [0.1, 0.15) is 18.1 Å². The molecule has 7 heteroatoms. The van der Waals surface area contributed by atoms with Crippen molar-refractivity contribution in [2.24, 2.45) is 0 Å². The van der Waals surface area contributed by atoms with E-state index < -0.39 is 0 Å². The zero-order valence-electron chi connectivity index (χ0n) is 16.5. The Labute approximate surface area is 183 Å². The van der Waals surface area contributed by atoms with Crippen LogP contribution in [0.4, 0.5) is 5.69 Å². The molecule has 0 bridgehead atoms. The number of benzene rings is 2. The van der Waals surface area contributed by atoms with Crippen molar-refractivity contribution in [2.75, 3.05) is 11.1 Å². The second-order valence-corrected chi connectivity index (χ2v) is 8.96. The SMILES string of the molecule is CCn1c(SCC(=O)Nc2ccc3c(c2)Cc2ccccc2-3)nnc1-c1cccs1. The van der Waals surface area contributed by atoms with Crippen molar-refractivity contribution in [3.8, 4) is 21.8 Å². The topological polar surface area (TPSA) is 59.8 Å². The van der Waals surface area contributed by atoms with E-state index in [4.69, 9.17) is 0 Å². The van der Waals surface area contributed by atoms with Crippen molar-refractivity contribution in [3.05, 3.63) is 71.1 Å². The maximum atomic E-state index is 12.6. The molecule has 0 unspecified atom stereocenters. The zero-order valence-corrected chi connectivity index (χ0v) is 18.1. The summed E-state index contributed by atoms with van der Waals surface area (Å²) in [5, 5.41) is 14.4. The standard InChI is InChI=1S/C23H20N4OS2/c1-2-27-22(20-8-5-11-29-20)25-26-23(27)30-14-21(28)24-17-9-10-19-16(13-17)12-15-6-3-4-7-18(15)19/h3-11,13H,2,12,14H2,1H3,(H,24,28). The molecule has 0 spiro atoms. The molecule has 0 atom stereocenters. The highest BCUT2D eigenvalue weighted by Gasteiger charge is 2.19. The minimum atomic E-state index is -0.0428. The lowest BCUT2D eigenvalue weighted by atomic mass is 10.1. The monoisotopic (exact) mass is 432 g/mol. The summed E-state index contributed by atoms with van der Waals surface area (Å²) in [5.41, 5.74) is 5.99. The van der Waals surface area contributed by atoms with E-state index in [-0.39, 0.29) is 5.91 Å². The molecule has 5 nitrogen and oxygen atoms in total. The van der Waals surface area contributed by atoms with Crippen LogP contribution in [-0.2, 0) is 17.8 Å². The molecular weight excluding hydrogens is 412 g/mol. The number of carbonyl (C=O) groups is 1. The van der Waals surface area contributed by atoms with Gasteiger partial charge in [0, 0.05) is 12.2 Å². The van der Waals surface area contributed by atoms with E-state index in [0.29, 0.717) is 5.75 Å². The smallest absolute Gasteiger partial charge is 0.234 e. The van der Waals surface area contributed by atoms with Gasteiger partial charge in [0.05, 0.1) is 10.6 Å². The van der Waals surface area contributed by atoms with E-state index in [9.17, 15) is 4.79 Å². The number of hydrogen-bond acceptors (Lipinski definition) is 5. The highest BCUT2D eigenvalue weighted by Crippen LogP contribution is 2.37. The zero-order chi connectivity index (χ0) is 20.5. The Morgan fingerprint density at radius 1 is 1.10 bits per heavy atom. The van der Waals surface area contributed by atoms with E-state index in [0.717, 1.165) is 34.5 Å². The molecule has 1 aliphatic rings. The lowest BCUT2D eigenvalue weighted by Crippen LogP contribution is -2.14. The van der Waals surface area contributed by atoms with Crippen LogP contribution in [0.5, 0.6) is 0 Å². The van der Waals surface area contributed by atoms with Gasteiger partial charge >= 0.3 is 0 Å². The summed E-state index contributed by atoms with van der Waals surface area (Å²) in [6.45, 7) is 2.82. The van der Waals surface area contributed by atoms with Crippen LogP contribution < -0.4 is 5.32 Å². The fourth-order valence-electron chi connectivity index (χ4n) is 3.82. The fourth-order valence-corrected chi connectivity index (χ4v) is 5.34. The summed E-state index contributed by atoms with van der Waals surface area (Å²) in [5.74, 6) is 1.10. The molecule has 0 radical (unpaired) electrons. The number of anilines is 1. The predicted molar refractivity (Wildman–Crippen MR) is 123 cm³/mol. The first-order valence-corrected chi connectivity index (χ1v) is 11.7. The number of nitrogens with zero attached hydrogens (tertiary/aromatic N) is 3. The molecule has 2 aromatic heterocycles. The Morgan fingerprint density at radius 3 is 2.80 bits per heavy atom. The van der Waals surface area contributed by atoms with Gasteiger partial charge in [0.2, 0.25) is 5.91 Å². The molecule has 0 saturated carbocycles. The first kappa shape index (κ1) is 19.1. The number of nitrogens with one attached hydrogen (secondary N) is 1. The Kier molecular flexibility index (Phi) is 5.14. The predicted octanol–water partition coefficient (Wildman–Crippen LogP) is 5.33. The van der Waals surface area contributed by atoms with Crippen molar-refractivity contribution in [3.63, 3.8) is 0 Å². The first-order valence-electron chi connectivity index (χ1n) is 9.84. The third kappa shape index (κ3) is 3.55. The Hall–Kier alpha value is -2.90. The number of fused-ring (bicyclic) bond motifs is 3. The lowest BCUT2D eigenvalue weighted by molar-refractivity contribution is -0.113. The van der Waals surface area contributed by atoms with Crippen molar-refractivity contribution in [1.82, 2.24) is 14.8 Å². The number of hydrogen-bond donors (Lipinski definition) is 1. The lowest BCUT2D eigenvalue weighted by Gasteiger charge is -2.08. The average Bonchev–Trinajstić information content (AvgIpc) is 3.49. The maximum absolute atomic E-state index is 12.6. The molecule has 2 heterocycles. The highest BCUT2D eigenvalue weighted by atomic mass is 32.2. The van der Waals surface area contributed by atoms with Crippen molar-refractivity contribution < 1.29 is 4.79 Å². The third-order valence-electron chi connectivity index (χ3n) is 5.18. The van der Waals surface area contributed by atoms with Crippen LogP contribution in [0.25, 0.3) is 21.8 Å². The van der Waals surface area contributed by atoms with Crippen LogP contribution in [0.2, 0.25) is 0 Å². The second-order valence-electron chi connectivity index (χ2n) is 7.07. The number of aromatic nitrogens is 3. The highest BCUT2D eigenvalue weighted by molar-refractivity contribution is 7.99. The van der Waals surface area contributed by atoms with E-state index in [2.05, 4.69) is 63.4 Å². The molecule has 1 aliphatic carbocycles. The molecule has 0 saturated heterocycles. The first-order chi connectivity index (χ1) is 14.7. The van der Waals surface area contributed by atoms with Gasteiger partial charge in [-0.15, -0.1) is 21.5 Å². The average molecular weight is 433 g/mol. The van der Waals surface area contributed by atoms with Gasteiger partial charge in [-0.1, -0.05) is 48.2 Å². The normalized spacial score (nSPS) is 11.9. The van der Waals surface area contributed by atoms with Crippen molar-refractivity contribution in [1.29, 1.82) is 0 Å². The molecule has 0 fully saturated rings. The second kappa shape index (κ2) is 8.08. The van der Waals surface area contributed by atoms with Crippen molar-refractivity contribution in [2.45, 2.75) is 25.0 Å². The molecular formula is C23H20N4OS2. The van der Waals surface area contributed by atoms with Crippen LogP contribution in [0.15, 0.2) is 65.1 Å². The summed E-state index contributed by atoms with van der Waals surface area (Å²) in [6, 6.07) is 18.7. The van der Waals surface area contributed by atoms with Gasteiger partial charge in [-0.2, -0.15) is 0 Å². The van der Waals surface area contributed by atoms with Gasteiger partial charge in [0.25, 0.3) is 0 Å². The van der Waals surface area contributed by atoms with Crippen molar-refractivity contribution >= 4 is 34.7 Å². The fraction of sp³-hybridized carbons (Fsp3) is 0.174. The van der Waals surface area contributed by atoms with E-state index in [1.54, 1.807) is 11.3 Å². The van der Waals surface area contributed by atoms with E-state index >= 15 is 0 Å². The Balaban J connectivity index is 1.25. The van der Waals surface area contributed by atoms with Crippen LogP contribution in [0, 0.1) is 0 Å². The molecule has 1 amide bonds. The summed E-state index contributed by atoms with van der Waals surface area (Å²) in [6.07, 6.45) is 0.912. The summed E-state index contributed by atoms with van der Waals surface area (Å²) < 4.78 is 2.05. The Morgan fingerprint density at radius 2 is 1.97 bits per heavy atom. The molecule has 5 rings (SSSR count). The van der Waals surface area contributed by atoms with E-state index in [1.807, 2.05) is 23.6 Å². The number of thioether (sulfide) groups is 1. The van der Waals surface area contributed by atoms with E-state index in [1.165, 1.54) is 34.0 Å². The molecule has 0 aliphatic heterocycles. The Bertz CT molecular complexity index is 1210. The van der Waals surface area contributed by atoms with Crippen LogP contribution in [0.3, 0.4) is 0 Å². The van der Waals surface area contributed by atoms with Gasteiger partial charge < -0.3 is 9.88 Å². The molecule has 4 aromatic rings. The van der Waals surface area contributed by atoms with Crippen LogP contribution >= 0.6 is 23.1 Å². The summed E-state index contributed by atoms with van der Waals surface area (Å²) >= 11 is 3.05. The van der Waals surface area contributed by atoms with Gasteiger partial charge in [0.1, 0.15) is 0 Å². The molecule has 30 heavy (non-hydrogen) atoms.